The summed E-state index contributed by atoms with van der Waals surface area (Å²) in [4.78, 5) is 16.0. The standard InChI is InChI=1S/C23H33N3O2/c1-6-23(26-18-24-17-25-26,21(22(3,4)5)28-19(2)27)16-12-8-11-15-20-13-9-7-10-14-20/h6-7,9-10,13-14,17-18,21H,1,8,11-12,15-16H2,2-5H3. The second-order valence-corrected chi connectivity index (χ2v) is 8.44. The van der Waals surface area contributed by atoms with Gasteiger partial charge in [0.1, 0.15) is 24.3 Å². The SMILES string of the molecule is C=CC(CCCCCc1ccccc1)(C(OC(C)=O)C(C)(C)C)n1cncn1. The Morgan fingerprint density at radius 1 is 1.21 bits per heavy atom. The Labute approximate surface area is 168 Å². The largest absolute Gasteiger partial charge is 0.459 e. The van der Waals surface area contributed by atoms with Crippen molar-refractivity contribution < 1.29 is 9.53 Å². The van der Waals surface area contributed by atoms with Gasteiger partial charge in [-0.2, -0.15) is 5.10 Å². The first kappa shape index (κ1) is 21.9. The van der Waals surface area contributed by atoms with Gasteiger partial charge in [-0.15, -0.1) is 6.58 Å². The van der Waals surface area contributed by atoms with E-state index < -0.39 is 11.6 Å². The molecular formula is C23H33N3O2. The molecule has 0 spiro atoms. The molecule has 2 atom stereocenters. The molecule has 1 aromatic heterocycles. The average molecular weight is 384 g/mol. The van der Waals surface area contributed by atoms with Crippen molar-refractivity contribution in [3.8, 4) is 0 Å². The van der Waals surface area contributed by atoms with Crippen LogP contribution in [0.5, 0.6) is 0 Å². The third-order valence-corrected chi connectivity index (χ3v) is 5.11. The summed E-state index contributed by atoms with van der Waals surface area (Å²) < 4.78 is 7.62. The number of benzene rings is 1. The summed E-state index contributed by atoms with van der Waals surface area (Å²) in [5, 5.41) is 4.39. The Balaban J connectivity index is 2.14. The highest BCUT2D eigenvalue weighted by molar-refractivity contribution is 5.66. The van der Waals surface area contributed by atoms with E-state index in [9.17, 15) is 4.79 Å². The van der Waals surface area contributed by atoms with Crippen LogP contribution in [0.25, 0.3) is 0 Å². The normalized spacial score (nSPS) is 14.9. The van der Waals surface area contributed by atoms with Gasteiger partial charge in [0.05, 0.1) is 0 Å². The number of esters is 1. The van der Waals surface area contributed by atoms with Crippen LogP contribution >= 0.6 is 0 Å². The predicted molar refractivity (Wildman–Crippen MR) is 112 cm³/mol. The summed E-state index contributed by atoms with van der Waals surface area (Å²) in [6.45, 7) is 11.8. The first-order valence-corrected chi connectivity index (χ1v) is 9.99. The van der Waals surface area contributed by atoms with E-state index in [1.165, 1.54) is 18.8 Å². The summed E-state index contributed by atoms with van der Waals surface area (Å²) >= 11 is 0. The van der Waals surface area contributed by atoms with Crippen molar-refractivity contribution in [1.29, 1.82) is 0 Å². The fourth-order valence-corrected chi connectivity index (χ4v) is 3.84. The highest BCUT2D eigenvalue weighted by Gasteiger charge is 2.47. The van der Waals surface area contributed by atoms with E-state index in [-0.39, 0.29) is 11.4 Å². The first-order chi connectivity index (χ1) is 13.3. The lowest BCUT2D eigenvalue weighted by Gasteiger charge is -2.44. The number of hydrogen-bond acceptors (Lipinski definition) is 4. The van der Waals surface area contributed by atoms with Crippen LogP contribution in [0.4, 0.5) is 0 Å². The zero-order valence-corrected chi connectivity index (χ0v) is 17.6. The number of carbonyl (C=O) groups is 1. The van der Waals surface area contributed by atoms with Crippen LogP contribution in [0.3, 0.4) is 0 Å². The lowest BCUT2D eigenvalue weighted by Crippen LogP contribution is -2.52. The van der Waals surface area contributed by atoms with E-state index in [1.54, 1.807) is 11.0 Å². The molecule has 1 aromatic carbocycles. The van der Waals surface area contributed by atoms with Gasteiger partial charge in [0.2, 0.25) is 0 Å². The van der Waals surface area contributed by atoms with E-state index in [2.05, 4.69) is 61.7 Å². The van der Waals surface area contributed by atoms with E-state index in [0.717, 1.165) is 32.1 Å². The monoisotopic (exact) mass is 383 g/mol. The molecular weight excluding hydrogens is 350 g/mol. The molecule has 2 aromatic rings. The van der Waals surface area contributed by atoms with E-state index in [1.807, 2.05) is 12.1 Å². The molecule has 0 aliphatic carbocycles. The van der Waals surface area contributed by atoms with Gasteiger partial charge in [-0.3, -0.25) is 4.79 Å². The molecule has 0 bridgehead atoms. The first-order valence-electron chi connectivity index (χ1n) is 9.99. The van der Waals surface area contributed by atoms with E-state index in [4.69, 9.17) is 4.74 Å². The van der Waals surface area contributed by atoms with Crippen molar-refractivity contribution in [3.05, 3.63) is 61.2 Å². The van der Waals surface area contributed by atoms with Crippen molar-refractivity contribution in [2.75, 3.05) is 0 Å². The van der Waals surface area contributed by atoms with Gasteiger partial charge in [0.15, 0.2) is 0 Å². The Morgan fingerprint density at radius 3 is 2.46 bits per heavy atom. The summed E-state index contributed by atoms with van der Waals surface area (Å²) in [6.07, 6.45) is 9.70. The Hall–Kier alpha value is -2.43. The highest BCUT2D eigenvalue weighted by atomic mass is 16.5. The maximum atomic E-state index is 11.9. The number of carbonyl (C=O) groups excluding carboxylic acids is 1. The van der Waals surface area contributed by atoms with E-state index in [0.29, 0.717) is 0 Å². The minimum absolute atomic E-state index is 0.282. The maximum Gasteiger partial charge on any atom is 0.303 e. The van der Waals surface area contributed by atoms with Crippen LogP contribution in [-0.2, 0) is 21.5 Å². The van der Waals surface area contributed by atoms with Crippen molar-refractivity contribution >= 4 is 5.97 Å². The van der Waals surface area contributed by atoms with Gasteiger partial charge in [-0.05, 0) is 24.8 Å². The second-order valence-electron chi connectivity index (χ2n) is 8.44. The molecule has 2 rings (SSSR count). The van der Waals surface area contributed by atoms with Crippen LogP contribution in [-0.4, -0.2) is 26.8 Å². The number of nitrogens with zero attached hydrogens (tertiary/aromatic N) is 3. The maximum absolute atomic E-state index is 11.9. The molecule has 0 aliphatic heterocycles. The quantitative estimate of drug-likeness (QED) is 0.331. The van der Waals surface area contributed by atoms with Gasteiger partial charge in [-0.1, -0.05) is 70.0 Å². The molecule has 0 saturated carbocycles. The lowest BCUT2D eigenvalue weighted by molar-refractivity contribution is -0.161. The predicted octanol–water partition coefficient (Wildman–Crippen LogP) is 4.94. The van der Waals surface area contributed by atoms with Crippen molar-refractivity contribution in [1.82, 2.24) is 14.8 Å². The molecule has 0 radical (unpaired) electrons. The molecule has 2 unspecified atom stereocenters. The molecule has 0 saturated heterocycles. The number of hydrogen-bond donors (Lipinski definition) is 0. The summed E-state index contributed by atoms with van der Waals surface area (Å²) in [7, 11) is 0. The average Bonchev–Trinajstić information content (AvgIpc) is 3.18. The molecule has 0 N–H and O–H groups in total. The van der Waals surface area contributed by atoms with Crippen LogP contribution in [0.2, 0.25) is 0 Å². The van der Waals surface area contributed by atoms with E-state index >= 15 is 0 Å². The molecule has 0 amide bonds. The zero-order valence-electron chi connectivity index (χ0n) is 17.6. The van der Waals surface area contributed by atoms with Crippen LogP contribution in [0.1, 0.15) is 58.9 Å². The van der Waals surface area contributed by atoms with Crippen molar-refractivity contribution in [3.63, 3.8) is 0 Å². The Kier molecular flexibility index (Phi) is 7.55. The van der Waals surface area contributed by atoms with Crippen molar-refractivity contribution in [2.45, 2.75) is 71.4 Å². The fraction of sp³-hybridized carbons (Fsp3) is 0.522. The van der Waals surface area contributed by atoms with Crippen LogP contribution < -0.4 is 0 Å². The molecule has 152 valence electrons. The molecule has 5 nitrogen and oxygen atoms in total. The number of rotatable bonds is 10. The van der Waals surface area contributed by atoms with Crippen LogP contribution in [0.15, 0.2) is 55.6 Å². The third kappa shape index (κ3) is 5.54. The van der Waals surface area contributed by atoms with Crippen molar-refractivity contribution in [2.24, 2.45) is 5.41 Å². The minimum Gasteiger partial charge on any atom is -0.459 e. The molecule has 1 heterocycles. The minimum atomic E-state index is -0.632. The molecule has 28 heavy (non-hydrogen) atoms. The summed E-state index contributed by atoms with van der Waals surface area (Å²) in [5.74, 6) is -0.296. The van der Waals surface area contributed by atoms with Crippen LogP contribution in [0, 0.1) is 5.41 Å². The number of aromatic nitrogens is 3. The van der Waals surface area contributed by atoms with Gasteiger partial charge in [0.25, 0.3) is 0 Å². The lowest BCUT2D eigenvalue weighted by atomic mass is 9.73. The van der Waals surface area contributed by atoms with Gasteiger partial charge < -0.3 is 4.74 Å². The topological polar surface area (TPSA) is 57.0 Å². The molecule has 0 aliphatic rings. The number of unbranched alkanes of at least 4 members (excludes halogenated alkanes) is 2. The summed E-state index contributed by atoms with van der Waals surface area (Å²) in [6, 6.07) is 10.5. The highest BCUT2D eigenvalue weighted by Crippen LogP contribution is 2.40. The van der Waals surface area contributed by atoms with Gasteiger partial charge >= 0.3 is 5.97 Å². The molecule has 0 fully saturated rings. The number of ether oxygens (including phenoxy) is 1. The zero-order chi connectivity index (χ0) is 20.6. The fourth-order valence-electron chi connectivity index (χ4n) is 3.84. The van der Waals surface area contributed by atoms with Gasteiger partial charge in [-0.25, -0.2) is 9.67 Å². The summed E-state index contributed by atoms with van der Waals surface area (Å²) in [5.41, 5.74) is 0.449. The number of aryl methyl sites for hydroxylation is 1. The second kappa shape index (κ2) is 9.67. The smallest absolute Gasteiger partial charge is 0.303 e. The Bertz CT molecular complexity index is 735. The van der Waals surface area contributed by atoms with Gasteiger partial charge in [0, 0.05) is 12.3 Å². The third-order valence-electron chi connectivity index (χ3n) is 5.11. The Morgan fingerprint density at radius 2 is 1.93 bits per heavy atom. The molecule has 5 heteroatoms.